The van der Waals surface area contributed by atoms with Crippen molar-refractivity contribution in [2.45, 2.75) is 44.8 Å². The zero-order valence-electron chi connectivity index (χ0n) is 16.4. The predicted octanol–water partition coefficient (Wildman–Crippen LogP) is -0.0704. The van der Waals surface area contributed by atoms with Crippen LogP contribution in [0.4, 0.5) is 0 Å². The van der Waals surface area contributed by atoms with Gasteiger partial charge in [-0.15, -0.1) is 0 Å². The average molecular weight is 410 g/mol. The summed E-state index contributed by atoms with van der Waals surface area (Å²) in [5.74, 6) is -1.92. The maximum absolute atomic E-state index is 12.9. The van der Waals surface area contributed by atoms with Crippen LogP contribution in [0.5, 0.6) is 0 Å². The van der Waals surface area contributed by atoms with E-state index in [1.54, 1.807) is 17.0 Å². The molecule has 1 aromatic rings. The lowest BCUT2D eigenvalue weighted by atomic mass is 9.97. The van der Waals surface area contributed by atoms with Crippen molar-refractivity contribution < 1.29 is 24.0 Å². The zero-order chi connectivity index (χ0) is 21.0. The van der Waals surface area contributed by atoms with Crippen LogP contribution in [0.15, 0.2) is 12.1 Å². The maximum Gasteiger partial charge on any atom is 0.262 e. The Bertz CT molecular complexity index is 952. The molecule has 2 N–H and O–H groups in total. The molecule has 30 heavy (non-hydrogen) atoms. The lowest BCUT2D eigenvalue weighted by Gasteiger charge is -2.27. The summed E-state index contributed by atoms with van der Waals surface area (Å²) in [4.78, 5) is 65.1. The number of imide groups is 2. The number of hydrogen-bond acceptors (Lipinski definition) is 6. The number of fused-ring (bicyclic) bond motifs is 2. The fourth-order valence-corrected chi connectivity index (χ4v) is 4.85. The highest BCUT2D eigenvalue weighted by Crippen LogP contribution is 2.34. The number of nitrogens with one attached hydrogen (secondary N) is 2. The number of amides is 5. The molecule has 0 spiro atoms. The number of hydrogen-bond donors (Lipinski definition) is 2. The monoisotopic (exact) mass is 410 g/mol. The smallest absolute Gasteiger partial charge is 0.262 e. The Morgan fingerprint density at radius 1 is 0.900 bits per heavy atom. The van der Waals surface area contributed by atoms with Crippen LogP contribution in [-0.2, 0) is 27.5 Å². The second kappa shape index (κ2) is 7.02. The van der Waals surface area contributed by atoms with E-state index < -0.39 is 29.7 Å². The van der Waals surface area contributed by atoms with Crippen molar-refractivity contribution >= 4 is 29.5 Å². The summed E-state index contributed by atoms with van der Waals surface area (Å²) in [6.45, 7) is 2.52. The van der Waals surface area contributed by atoms with Gasteiger partial charge in [0, 0.05) is 25.4 Å². The molecule has 4 heterocycles. The molecule has 156 valence electrons. The molecule has 1 unspecified atom stereocenters. The molecule has 5 rings (SSSR count). The average Bonchev–Trinajstić information content (AvgIpc) is 3.26. The quantitative estimate of drug-likeness (QED) is 0.660. The van der Waals surface area contributed by atoms with E-state index in [9.17, 15) is 24.0 Å². The molecular formula is C21H22N4O5. The molecule has 2 fully saturated rings. The van der Waals surface area contributed by atoms with E-state index in [2.05, 4.69) is 10.6 Å². The first-order valence-corrected chi connectivity index (χ1v) is 10.3. The van der Waals surface area contributed by atoms with E-state index in [0.717, 1.165) is 42.0 Å². The van der Waals surface area contributed by atoms with Crippen molar-refractivity contribution in [1.82, 2.24) is 20.4 Å². The lowest BCUT2D eigenvalue weighted by Crippen LogP contribution is -2.54. The first-order chi connectivity index (χ1) is 14.4. The molecule has 5 amide bonds. The Balaban J connectivity index is 1.37. The molecule has 1 atom stereocenters. The van der Waals surface area contributed by atoms with Crippen molar-refractivity contribution in [3.05, 3.63) is 34.4 Å². The minimum Gasteiger partial charge on any atom is -0.334 e. The third-order valence-corrected chi connectivity index (χ3v) is 6.48. The summed E-state index contributed by atoms with van der Waals surface area (Å²) in [6.07, 6.45) is 1.86. The van der Waals surface area contributed by atoms with Gasteiger partial charge < -0.3 is 10.2 Å². The molecule has 1 aromatic carbocycles. The van der Waals surface area contributed by atoms with Gasteiger partial charge in [-0.1, -0.05) is 0 Å². The van der Waals surface area contributed by atoms with E-state index in [1.807, 2.05) is 0 Å². The molecule has 0 radical (unpaired) electrons. The minimum atomic E-state index is -0.970. The molecular weight excluding hydrogens is 388 g/mol. The van der Waals surface area contributed by atoms with Gasteiger partial charge in [0.25, 0.3) is 11.8 Å². The topological polar surface area (TPSA) is 116 Å². The van der Waals surface area contributed by atoms with E-state index >= 15 is 0 Å². The van der Waals surface area contributed by atoms with Gasteiger partial charge in [-0.05, 0) is 55.6 Å². The third-order valence-electron chi connectivity index (χ3n) is 6.48. The van der Waals surface area contributed by atoms with E-state index in [0.29, 0.717) is 13.1 Å². The maximum atomic E-state index is 12.9. The molecule has 4 aliphatic heterocycles. The fourth-order valence-electron chi connectivity index (χ4n) is 4.85. The van der Waals surface area contributed by atoms with Crippen LogP contribution < -0.4 is 10.6 Å². The standard InChI is InChI=1S/C21H22N4O5/c26-17-2-1-16(18(27)23-17)25-20(29)14-7-12-9-24(10-13(12)8-15(14)21(25)30)19(28)11-3-5-22-6-4-11/h7-8,11,16,22H,1-6,9-10H2,(H,23,26,27). The Labute approximate surface area is 172 Å². The molecule has 0 bridgehead atoms. The van der Waals surface area contributed by atoms with Gasteiger partial charge in [-0.3, -0.25) is 34.2 Å². The van der Waals surface area contributed by atoms with Crippen LogP contribution in [0.3, 0.4) is 0 Å². The van der Waals surface area contributed by atoms with Crippen LogP contribution >= 0.6 is 0 Å². The van der Waals surface area contributed by atoms with Crippen LogP contribution in [-0.4, -0.2) is 58.5 Å². The molecule has 4 aliphatic rings. The fraction of sp³-hybridized carbons (Fsp3) is 0.476. The molecule has 0 aliphatic carbocycles. The van der Waals surface area contributed by atoms with Gasteiger partial charge in [-0.25, -0.2) is 0 Å². The van der Waals surface area contributed by atoms with E-state index in [4.69, 9.17) is 0 Å². The lowest BCUT2D eigenvalue weighted by molar-refractivity contribution is -0.137. The number of carbonyl (C=O) groups is 5. The highest BCUT2D eigenvalue weighted by atomic mass is 16.2. The van der Waals surface area contributed by atoms with Crippen LogP contribution in [0.2, 0.25) is 0 Å². The SMILES string of the molecule is O=C1CCC(N2C(=O)c3cc4c(cc3C2=O)CN(C(=O)C2CCNCC2)C4)C(=O)N1. The van der Waals surface area contributed by atoms with Crippen molar-refractivity contribution in [1.29, 1.82) is 0 Å². The summed E-state index contributed by atoms with van der Waals surface area (Å²) in [7, 11) is 0. The minimum absolute atomic E-state index is 0.0127. The van der Waals surface area contributed by atoms with Crippen molar-refractivity contribution in [3.63, 3.8) is 0 Å². The number of rotatable bonds is 2. The predicted molar refractivity (Wildman–Crippen MR) is 103 cm³/mol. The van der Waals surface area contributed by atoms with Gasteiger partial charge in [-0.2, -0.15) is 0 Å². The Kier molecular flexibility index (Phi) is 4.43. The summed E-state index contributed by atoms with van der Waals surface area (Å²) in [5, 5.41) is 5.45. The first kappa shape index (κ1) is 18.9. The van der Waals surface area contributed by atoms with Crippen molar-refractivity contribution in [2.75, 3.05) is 13.1 Å². The Morgan fingerprint density at radius 2 is 1.50 bits per heavy atom. The number of benzene rings is 1. The van der Waals surface area contributed by atoms with Gasteiger partial charge in [0.05, 0.1) is 11.1 Å². The first-order valence-electron chi connectivity index (χ1n) is 10.3. The summed E-state index contributed by atoms with van der Waals surface area (Å²) in [5.41, 5.74) is 2.25. The summed E-state index contributed by atoms with van der Waals surface area (Å²) >= 11 is 0. The Morgan fingerprint density at radius 3 is 2.07 bits per heavy atom. The van der Waals surface area contributed by atoms with E-state index in [1.165, 1.54) is 0 Å². The molecule has 9 nitrogen and oxygen atoms in total. The van der Waals surface area contributed by atoms with Gasteiger partial charge >= 0.3 is 0 Å². The van der Waals surface area contributed by atoms with Crippen LogP contribution in [0.1, 0.15) is 57.5 Å². The van der Waals surface area contributed by atoms with Crippen LogP contribution in [0.25, 0.3) is 0 Å². The second-order valence-electron chi connectivity index (χ2n) is 8.33. The molecule has 9 heteroatoms. The molecule has 0 saturated carbocycles. The second-order valence-corrected chi connectivity index (χ2v) is 8.33. The highest BCUT2D eigenvalue weighted by Gasteiger charge is 2.45. The zero-order valence-corrected chi connectivity index (χ0v) is 16.4. The van der Waals surface area contributed by atoms with E-state index in [-0.39, 0.29) is 35.8 Å². The van der Waals surface area contributed by atoms with Gasteiger partial charge in [0.1, 0.15) is 6.04 Å². The van der Waals surface area contributed by atoms with Crippen molar-refractivity contribution in [2.24, 2.45) is 5.92 Å². The van der Waals surface area contributed by atoms with Gasteiger partial charge in [0.15, 0.2) is 0 Å². The summed E-state index contributed by atoms with van der Waals surface area (Å²) in [6, 6.07) is 2.40. The Hall–Kier alpha value is -3.07. The summed E-state index contributed by atoms with van der Waals surface area (Å²) < 4.78 is 0. The highest BCUT2D eigenvalue weighted by molar-refractivity contribution is 6.23. The molecule has 0 aromatic heterocycles. The van der Waals surface area contributed by atoms with Gasteiger partial charge in [0.2, 0.25) is 17.7 Å². The molecule has 2 saturated heterocycles. The van der Waals surface area contributed by atoms with Crippen LogP contribution in [0, 0.1) is 5.92 Å². The number of piperidine rings is 2. The number of carbonyl (C=O) groups excluding carboxylic acids is 5. The normalized spacial score (nSPS) is 24.2. The largest absolute Gasteiger partial charge is 0.334 e. The number of nitrogens with zero attached hydrogens (tertiary/aromatic N) is 2. The van der Waals surface area contributed by atoms with Crippen molar-refractivity contribution in [3.8, 4) is 0 Å². The third kappa shape index (κ3) is 2.92.